The molecule has 5 aromatic rings. The third-order valence-corrected chi connectivity index (χ3v) is 6.34. The van der Waals surface area contributed by atoms with E-state index in [1.807, 2.05) is 0 Å². The molecule has 0 N–H and O–H groups in total. The first-order valence-electron chi connectivity index (χ1n) is 10.8. The van der Waals surface area contributed by atoms with Crippen molar-refractivity contribution in [2.45, 2.75) is 6.92 Å². The molecule has 0 amide bonds. The molecule has 0 unspecified atom stereocenters. The standard InChI is InChI=1S/C31H22/c1-21-11-10-18-26-29(21)27-19-24-16-8-9-17-25(24)20-28(27)31(26)30(22-12-4-2-5-13-22)23-14-6-3-7-15-23/h2-20H,1H3. The van der Waals surface area contributed by atoms with E-state index < -0.39 is 0 Å². The van der Waals surface area contributed by atoms with Crippen molar-refractivity contribution in [2.24, 2.45) is 0 Å². The van der Waals surface area contributed by atoms with E-state index in [0.717, 1.165) is 0 Å². The van der Waals surface area contributed by atoms with Crippen molar-refractivity contribution in [3.05, 3.63) is 143 Å². The Morgan fingerprint density at radius 1 is 0.484 bits per heavy atom. The number of fused-ring (bicyclic) bond motifs is 4. The average Bonchev–Trinajstić information content (AvgIpc) is 3.14. The molecule has 0 aromatic heterocycles. The smallest absolute Gasteiger partial charge is 0.00140 e. The van der Waals surface area contributed by atoms with Gasteiger partial charge in [-0.2, -0.15) is 0 Å². The second kappa shape index (κ2) is 7.11. The second-order valence-corrected chi connectivity index (χ2v) is 8.22. The summed E-state index contributed by atoms with van der Waals surface area (Å²) in [5.41, 5.74) is 11.8. The Balaban J connectivity index is 1.80. The van der Waals surface area contributed by atoms with E-state index in [4.69, 9.17) is 0 Å². The van der Waals surface area contributed by atoms with Crippen molar-refractivity contribution in [1.82, 2.24) is 0 Å². The molecule has 0 saturated carbocycles. The molecule has 146 valence electrons. The first-order chi connectivity index (χ1) is 15.3. The first kappa shape index (κ1) is 17.9. The molecule has 1 aliphatic carbocycles. The van der Waals surface area contributed by atoms with Crippen LogP contribution < -0.4 is 0 Å². The van der Waals surface area contributed by atoms with Crippen LogP contribution in [0.5, 0.6) is 0 Å². The lowest BCUT2D eigenvalue weighted by Gasteiger charge is -2.15. The molecule has 6 rings (SSSR count). The average molecular weight is 395 g/mol. The van der Waals surface area contributed by atoms with Gasteiger partial charge in [0.25, 0.3) is 0 Å². The summed E-state index contributed by atoms with van der Waals surface area (Å²) in [6.45, 7) is 2.23. The maximum Gasteiger partial charge on any atom is -0.00140 e. The maximum absolute atomic E-state index is 2.38. The van der Waals surface area contributed by atoms with E-state index in [1.165, 1.54) is 60.9 Å². The minimum absolute atomic E-state index is 1.25. The first-order valence-corrected chi connectivity index (χ1v) is 10.8. The van der Waals surface area contributed by atoms with E-state index in [-0.39, 0.29) is 0 Å². The van der Waals surface area contributed by atoms with Gasteiger partial charge in [0, 0.05) is 0 Å². The molecule has 0 saturated heterocycles. The van der Waals surface area contributed by atoms with Gasteiger partial charge in [-0.15, -0.1) is 0 Å². The van der Waals surface area contributed by atoms with Crippen LogP contribution in [0.1, 0.15) is 27.8 Å². The lowest BCUT2D eigenvalue weighted by molar-refractivity contribution is 1.46. The summed E-state index contributed by atoms with van der Waals surface area (Å²) in [4.78, 5) is 0. The highest BCUT2D eigenvalue weighted by molar-refractivity contribution is 6.15. The molecule has 1 aliphatic rings. The molecule has 0 atom stereocenters. The van der Waals surface area contributed by atoms with Crippen LogP contribution in [0.3, 0.4) is 0 Å². The molecule has 0 aliphatic heterocycles. The summed E-state index contributed by atoms with van der Waals surface area (Å²) in [5, 5.41) is 2.57. The van der Waals surface area contributed by atoms with Gasteiger partial charge in [0.05, 0.1) is 0 Å². The predicted molar refractivity (Wildman–Crippen MR) is 132 cm³/mol. The minimum atomic E-state index is 1.25. The van der Waals surface area contributed by atoms with Gasteiger partial charge in [0.2, 0.25) is 0 Å². The highest BCUT2D eigenvalue weighted by Crippen LogP contribution is 2.51. The summed E-state index contributed by atoms with van der Waals surface area (Å²) in [6, 6.07) is 41.7. The molecule has 5 aromatic carbocycles. The largest absolute Gasteiger partial charge is 0.0622 e. The van der Waals surface area contributed by atoms with E-state index in [2.05, 4.69) is 122 Å². The van der Waals surface area contributed by atoms with Crippen molar-refractivity contribution in [3.63, 3.8) is 0 Å². The number of rotatable bonds is 2. The van der Waals surface area contributed by atoms with Crippen LogP contribution in [-0.2, 0) is 0 Å². The third kappa shape index (κ3) is 2.84. The summed E-state index contributed by atoms with van der Waals surface area (Å²) in [5.74, 6) is 0. The van der Waals surface area contributed by atoms with Crippen molar-refractivity contribution < 1.29 is 0 Å². The zero-order valence-electron chi connectivity index (χ0n) is 17.5. The highest BCUT2D eigenvalue weighted by atomic mass is 14.3. The Morgan fingerprint density at radius 3 is 1.65 bits per heavy atom. The number of benzene rings is 5. The van der Waals surface area contributed by atoms with Crippen molar-refractivity contribution in [3.8, 4) is 11.1 Å². The highest BCUT2D eigenvalue weighted by Gasteiger charge is 2.28. The Labute approximate surface area is 183 Å². The maximum atomic E-state index is 2.38. The van der Waals surface area contributed by atoms with E-state index in [0.29, 0.717) is 0 Å². The van der Waals surface area contributed by atoms with Crippen molar-refractivity contribution in [1.29, 1.82) is 0 Å². The zero-order valence-corrected chi connectivity index (χ0v) is 17.5. The van der Waals surface area contributed by atoms with Crippen LogP contribution in [0.25, 0.3) is 33.0 Å². The van der Waals surface area contributed by atoms with Gasteiger partial charge in [-0.3, -0.25) is 0 Å². The van der Waals surface area contributed by atoms with Crippen LogP contribution in [0.15, 0.2) is 115 Å². The molecular weight excluding hydrogens is 372 g/mol. The summed E-state index contributed by atoms with van der Waals surface area (Å²) < 4.78 is 0. The minimum Gasteiger partial charge on any atom is -0.0622 e. The molecule has 0 bridgehead atoms. The summed E-state index contributed by atoms with van der Waals surface area (Å²) in [7, 11) is 0. The molecule has 0 heterocycles. The quantitative estimate of drug-likeness (QED) is 0.278. The molecule has 0 nitrogen and oxygen atoms in total. The van der Waals surface area contributed by atoms with Crippen molar-refractivity contribution in [2.75, 3.05) is 0 Å². The molecule has 0 heteroatoms. The van der Waals surface area contributed by atoms with Gasteiger partial charge in [-0.1, -0.05) is 103 Å². The van der Waals surface area contributed by atoms with E-state index in [1.54, 1.807) is 0 Å². The molecule has 0 spiro atoms. The number of aryl methyl sites for hydroxylation is 1. The van der Waals surface area contributed by atoms with Gasteiger partial charge in [0.1, 0.15) is 0 Å². The van der Waals surface area contributed by atoms with Gasteiger partial charge < -0.3 is 0 Å². The molecule has 0 radical (unpaired) electrons. The van der Waals surface area contributed by atoms with Gasteiger partial charge in [-0.05, 0) is 79.9 Å². The fourth-order valence-corrected chi connectivity index (χ4v) is 4.97. The lowest BCUT2D eigenvalue weighted by atomic mass is 9.88. The molecule has 31 heavy (non-hydrogen) atoms. The predicted octanol–water partition coefficient (Wildman–Crippen LogP) is 8.14. The Hall–Kier alpha value is -3.90. The monoisotopic (exact) mass is 394 g/mol. The summed E-state index contributed by atoms with van der Waals surface area (Å²) in [6.07, 6.45) is 0. The molecule has 0 fully saturated rings. The number of hydrogen-bond donors (Lipinski definition) is 0. The van der Waals surface area contributed by atoms with Crippen LogP contribution >= 0.6 is 0 Å². The Bertz CT molecular complexity index is 1410. The summed E-state index contributed by atoms with van der Waals surface area (Å²) >= 11 is 0. The van der Waals surface area contributed by atoms with Gasteiger partial charge in [0.15, 0.2) is 0 Å². The normalized spacial score (nSPS) is 12.0. The third-order valence-electron chi connectivity index (χ3n) is 6.34. The second-order valence-electron chi connectivity index (χ2n) is 8.22. The van der Waals surface area contributed by atoms with E-state index in [9.17, 15) is 0 Å². The Morgan fingerprint density at radius 2 is 1.03 bits per heavy atom. The topological polar surface area (TPSA) is 0 Å². The van der Waals surface area contributed by atoms with Crippen LogP contribution in [0.2, 0.25) is 0 Å². The molecular formula is C31H22. The van der Waals surface area contributed by atoms with Crippen molar-refractivity contribution >= 4 is 21.9 Å². The van der Waals surface area contributed by atoms with Gasteiger partial charge >= 0.3 is 0 Å². The zero-order chi connectivity index (χ0) is 20.8. The number of hydrogen-bond acceptors (Lipinski definition) is 0. The lowest BCUT2D eigenvalue weighted by Crippen LogP contribution is -1.94. The fraction of sp³-hybridized carbons (Fsp3) is 0.0323. The Kier molecular flexibility index (Phi) is 4.11. The van der Waals surface area contributed by atoms with Crippen LogP contribution in [0.4, 0.5) is 0 Å². The fourth-order valence-electron chi connectivity index (χ4n) is 4.97. The SMILES string of the molecule is Cc1cccc2c1-c1cc3ccccc3cc1C2=C(c1ccccc1)c1ccccc1. The van der Waals surface area contributed by atoms with Crippen LogP contribution in [0, 0.1) is 6.92 Å². The van der Waals surface area contributed by atoms with Gasteiger partial charge in [-0.25, -0.2) is 0 Å². The van der Waals surface area contributed by atoms with Crippen LogP contribution in [-0.4, -0.2) is 0 Å². The van der Waals surface area contributed by atoms with E-state index >= 15 is 0 Å².